The summed E-state index contributed by atoms with van der Waals surface area (Å²) in [4.78, 5) is 78.3. The van der Waals surface area contributed by atoms with Gasteiger partial charge < -0.3 is 117 Å². The van der Waals surface area contributed by atoms with E-state index in [0.29, 0.717) is 48.1 Å². The van der Waals surface area contributed by atoms with Crippen molar-refractivity contribution >= 4 is 82.3 Å². The molecule has 32 atom stereocenters. The van der Waals surface area contributed by atoms with E-state index in [0.717, 1.165) is 126 Å². The number of nitrogens with one attached hydrogen (secondary N) is 5. The van der Waals surface area contributed by atoms with Crippen molar-refractivity contribution in [3.63, 3.8) is 0 Å². The van der Waals surface area contributed by atoms with Crippen molar-refractivity contribution in [3.05, 3.63) is 77.7 Å². The number of hydrogen-bond donors (Lipinski definition) is 18. The van der Waals surface area contributed by atoms with Crippen molar-refractivity contribution < 1.29 is 99.4 Å². The number of aliphatic hydroxyl groups is 12. The third-order valence-electron chi connectivity index (χ3n) is 28.5. The quantitative estimate of drug-likeness (QED) is 0.0172. The number of rotatable bonds is 36. The van der Waals surface area contributed by atoms with Gasteiger partial charge in [0.05, 0.1) is 66.8 Å². The van der Waals surface area contributed by atoms with Crippen LogP contribution in [0.5, 0.6) is 0 Å². The Morgan fingerprint density at radius 1 is 0.519 bits per heavy atom. The van der Waals surface area contributed by atoms with Crippen molar-refractivity contribution in [2.75, 3.05) is 117 Å². The zero-order chi connectivity index (χ0) is 98.0. The van der Waals surface area contributed by atoms with E-state index in [1.807, 2.05) is 92.5 Å². The molecule has 4 aromatic rings. The van der Waals surface area contributed by atoms with Gasteiger partial charge in [-0.05, 0) is 194 Å². The number of carbonyl (C=O) groups is 4. The minimum atomic E-state index is -1.44. The van der Waals surface area contributed by atoms with Gasteiger partial charge in [0.15, 0.2) is 0 Å². The number of azide groups is 1. The molecular formula is C91H148N20O20S4. The van der Waals surface area contributed by atoms with E-state index < -0.39 is 144 Å². The lowest BCUT2D eigenvalue weighted by Crippen LogP contribution is -2.71. The average Bonchev–Trinajstić information content (AvgIpc) is 1.62. The molecule has 3 aliphatic carbocycles. The Kier molecular flexibility index (Phi) is 41.4. The molecule has 756 valence electrons. The number of nitrogen functional groups attached to an aromatic ring is 1. The largest absolute Gasteiger partial charge is 0.388 e. The predicted molar refractivity (Wildman–Crippen MR) is 517 cm³/mol. The highest BCUT2D eigenvalue weighted by molar-refractivity contribution is 7.99. The Labute approximate surface area is 808 Å². The van der Waals surface area contributed by atoms with Crippen molar-refractivity contribution in [3.8, 4) is 22.5 Å². The minimum absolute atomic E-state index is 0.0531. The molecule has 4 amide bonds. The van der Waals surface area contributed by atoms with Gasteiger partial charge in [-0.25, -0.2) is 14.6 Å². The van der Waals surface area contributed by atoms with E-state index in [9.17, 15) is 80.5 Å². The first kappa shape index (κ1) is 109. The second kappa shape index (κ2) is 51.1. The Morgan fingerprint density at radius 2 is 0.904 bits per heavy atom. The smallest absolute Gasteiger partial charge is 0.237 e. The molecule has 11 aliphatic rings. The summed E-state index contributed by atoms with van der Waals surface area (Å²) in [5.41, 5.74) is 15.6. The van der Waals surface area contributed by atoms with Gasteiger partial charge in [-0.1, -0.05) is 81.9 Å². The molecule has 0 radical (unpaired) electrons. The Morgan fingerprint density at radius 3 is 1.27 bits per heavy atom. The van der Waals surface area contributed by atoms with E-state index in [4.69, 9.17) is 30.2 Å². The molecule has 11 fully saturated rings. The number of likely N-dealkylation sites (tertiary alicyclic amines) is 4. The van der Waals surface area contributed by atoms with Crippen molar-refractivity contribution in [1.29, 1.82) is 0 Å². The molecule has 2 bridgehead atoms. The Balaban J connectivity index is 0.000000174. The van der Waals surface area contributed by atoms with Crippen LogP contribution in [0.2, 0.25) is 0 Å². The maximum absolute atomic E-state index is 13.6. The van der Waals surface area contributed by atoms with Gasteiger partial charge in [0.2, 0.25) is 29.6 Å². The first-order valence-corrected chi connectivity index (χ1v) is 52.6. The summed E-state index contributed by atoms with van der Waals surface area (Å²) in [5, 5.41) is 153. The van der Waals surface area contributed by atoms with Crippen LogP contribution < -0.4 is 37.2 Å². The van der Waals surface area contributed by atoms with Gasteiger partial charge in [-0.2, -0.15) is 0 Å². The van der Waals surface area contributed by atoms with Crippen LogP contribution in [0, 0.1) is 29.6 Å². The second-order valence-corrected chi connectivity index (χ2v) is 42.1. The van der Waals surface area contributed by atoms with Crippen LogP contribution in [-0.2, 0) is 44.7 Å². The average molecular weight is 1970 g/mol. The Hall–Kier alpha value is -6.06. The lowest BCUT2D eigenvalue weighted by atomic mass is 9.50. The normalized spacial score (nSPS) is 35.5. The van der Waals surface area contributed by atoms with E-state index in [-0.39, 0.29) is 72.4 Å². The van der Waals surface area contributed by atoms with E-state index in [1.54, 1.807) is 43.5 Å². The molecule has 44 heteroatoms. The van der Waals surface area contributed by atoms with Crippen molar-refractivity contribution in [2.24, 2.45) is 34.7 Å². The lowest BCUT2D eigenvalue weighted by Gasteiger charge is -2.62. The maximum atomic E-state index is 13.6. The third kappa shape index (κ3) is 27.4. The summed E-state index contributed by atoms with van der Waals surface area (Å²) < 4.78 is 25.3. The van der Waals surface area contributed by atoms with Gasteiger partial charge in [-0.3, -0.25) is 43.8 Å². The molecule has 19 N–H and O–H groups in total. The number of hydrogen-bond acceptors (Lipinski definition) is 37. The molecule has 8 saturated heterocycles. The molecule has 3 saturated carbocycles. The SMILES string of the molecule is CCC[C@@H]1C[C@@H](C(=O)N[C@H](CN(C)c2ccc(-c3cccnc3)cc2)[C@H]2OC(SC)[C@H](O)[C@H](O)C2O)N(C)C1.CCC[C@@H]1C[C@@H](C(=O)N[C@H](CN=[N+]=[N-])[C@H]2OC(SC)[C@H](O)[C@H](O)C2O)N(C)C1.CCC[C@@H]1C[C@@H](C(=O)N[C@H](CNC23CC(C2)C3)[C@H]2OC(SC)[C@H](O)[C@H](O)C2O)N(C)C1.CCC[C@@H]1C[C@@H](C(=O)N[C@H](Cn2cc(-c3ccnc(N)n3)nn2)[C@H]2OC(SC)[C@H](O)[C@H](O)C2O)N(C)C1. The number of nitrogens with zero attached hydrogens (tertiary/aromatic N) is 14. The van der Waals surface area contributed by atoms with Gasteiger partial charge in [0.25, 0.3) is 0 Å². The number of anilines is 2. The molecule has 0 spiro atoms. The summed E-state index contributed by atoms with van der Waals surface area (Å²) in [6.07, 6.45) is 9.32. The lowest BCUT2D eigenvalue weighted by molar-refractivity contribution is -0.206. The van der Waals surface area contributed by atoms with Crippen LogP contribution >= 0.6 is 47.0 Å². The highest BCUT2D eigenvalue weighted by Gasteiger charge is 2.58. The minimum Gasteiger partial charge on any atom is -0.388 e. The zero-order valence-corrected chi connectivity index (χ0v) is 83.0. The topological polar surface area (TPSA) is 568 Å². The monoisotopic (exact) mass is 1970 g/mol. The third-order valence-corrected chi connectivity index (χ3v) is 31.9. The predicted octanol–water partition coefficient (Wildman–Crippen LogP) is 1.03. The number of benzene rings is 1. The molecule has 3 aromatic heterocycles. The molecular weight excluding hydrogens is 1820 g/mol. The van der Waals surface area contributed by atoms with Crippen LogP contribution in [-0.4, -0.2) is 414 Å². The highest BCUT2D eigenvalue weighted by atomic mass is 32.2. The number of thioether (sulfide) groups is 4. The Bertz CT molecular complexity index is 4390. The van der Waals surface area contributed by atoms with Gasteiger partial charge in [-0.15, -0.1) is 52.1 Å². The number of amides is 4. The highest BCUT2D eigenvalue weighted by Crippen LogP contribution is 2.57. The molecule has 11 heterocycles. The van der Waals surface area contributed by atoms with Crippen LogP contribution in [0.3, 0.4) is 0 Å². The number of nitrogens with two attached hydrogens (primary N) is 1. The van der Waals surface area contributed by atoms with Crippen LogP contribution in [0.15, 0.2) is 72.4 Å². The number of likely N-dealkylation sites (N-methyl/N-ethyl adjacent to an activating group) is 5. The fraction of sp³-hybridized carbons (Fsp3) is 0.769. The number of aromatic nitrogens is 6. The van der Waals surface area contributed by atoms with Crippen LogP contribution in [0.4, 0.5) is 11.6 Å². The van der Waals surface area contributed by atoms with E-state index >= 15 is 0 Å². The fourth-order valence-electron chi connectivity index (χ4n) is 21.0. The molecule has 15 rings (SSSR count). The fourth-order valence-corrected chi connectivity index (χ4v) is 23.7. The molecule has 135 heavy (non-hydrogen) atoms. The van der Waals surface area contributed by atoms with Gasteiger partial charge >= 0.3 is 0 Å². The maximum Gasteiger partial charge on any atom is 0.237 e. The zero-order valence-electron chi connectivity index (χ0n) is 79.8. The van der Waals surface area contributed by atoms with Gasteiger partial charge in [0.1, 0.15) is 125 Å². The summed E-state index contributed by atoms with van der Waals surface area (Å²) in [7, 11) is 9.72. The van der Waals surface area contributed by atoms with Crippen LogP contribution in [0.1, 0.15) is 124 Å². The standard InChI is InChI=1S/C29H42N4O5S.C23H36N8O5S.C22H39N3O5S.C17H31N5O5S/c1-5-7-18-14-23(33(3)16-18)28(37)31-22(27-25(35)24(34)26(36)29(38-27)39-4)17-32(2)21-11-9-19(10-12-21)20-8-6-13-30-15-20;1-4-5-12-8-16(30(2)9-12)21(35)26-15(20-18(33)17(32)19(34)22(36-20)37-3)11-31-10-14(28-29-31)13-6-7-25-23(24)27-13;1-4-5-12-6-15(25(2)11-12)20(29)24-14(10-23-22-7-13(8-22)9-22)19-17(27)16(26)18(28)21(30-19)31-3;1-4-5-9-6-11(22(2)8-9)16(26)20-10(7-19-21-18)15-13(24)12(23)14(25)17(27-15)28-3/h6,8-13,15,18,22-27,29,34-36H,5,7,14,16-17H2,1-4H3,(H,31,37);6-7,10,12,15-20,22,32-34H,4-5,8-9,11H2,1-3H3,(H,26,35)(H2,24,25,27);12-19,21,23,26-28H,4-11H2,1-3H3,(H,24,29);9-15,17,23-25H,4-8H2,1-3H3,(H,20,26)/t18-,22-,23+,24-,25?,26-,27-,29?;12-,15-,16+,17-,18?,19-,20-,22?;12-,13?,14-,15+,16-,17?,18-,19-,21?,22?;9-,10-,11+,12-,13?,14-,15-,17?/m1111/s1. The summed E-state index contributed by atoms with van der Waals surface area (Å²) in [6.45, 7) is 12.8. The number of pyridine rings is 1. The first-order valence-electron chi connectivity index (χ1n) is 47.4. The summed E-state index contributed by atoms with van der Waals surface area (Å²) >= 11 is 4.96. The van der Waals surface area contributed by atoms with E-state index in [2.05, 4.69) is 99.4 Å². The van der Waals surface area contributed by atoms with Crippen LogP contribution in [0.25, 0.3) is 33.0 Å². The van der Waals surface area contributed by atoms with Crippen molar-refractivity contribution in [2.45, 2.75) is 304 Å². The second-order valence-electron chi connectivity index (χ2n) is 38.4. The molecule has 40 nitrogen and oxygen atoms in total. The van der Waals surface area contributed by atoms with Gasteiger partial charge in [0, 0.05) is 87.6 Å². The molecule has 1 aromatic carbocycles. The van der Waals surface area contributed by atoms with E-state index in [1.165, 1.54) is 77.2 Å². The summed E-state index contributed by atoms with van der Waals surface area (Å²) in [6, 6.07) is 9.80. The molecule has 8 aliphatic heterocycles. The number of carbonyl (C=O) groups excluding carboxylic acids is 4. The number of aliphatic hydroxyl groups excluding tert-OH is 12. The summed E-state index contributed by atoms with van der Waals surface area (Å²) in [5.74, 6) is 2.25. The van der Waals surface area contributed by atoms with Crippen molar-refractivity contribution in [1.82, 2.24) is 76.1 Å². The number of ether oxygens (including phenoxy) is 4. The molecule has 8 unspecified atom stereocenters. The first-order chi connectivity index (χ1) is 64.5.